The van der Waals surface area contributed by atoms with E-state index in [1.807, 2.05) is 4.90 Å². The van der Waals surface area contributed by atoms with Gasteiger partial charge in [-0.3, -0.25) is 9.69 Å². The average molecular weight is 448 g/mol. The summed E-state index contributed by atoms with van der Waals surface area (Å²) in [7, 11) is 1.61. The van der Waals surface area contributed by atoms with Gasteiger partial charge in [-0.15, -0.1) is 24.8 Å². The van der Waals surface area contributed by atoms with Crippen LogP contribution in [0.1, 0.15) is 37.7 Å². The van der Waals surface area contributed by atoms with E-state index in [0.29, 0.717) is 36.9 Å². The molecule has 3 aliphatic rings. The van der Waals surface area contributed by atoms with Crippen LogP contribution < -0.4 is 10.1 Å². The number of halogens is 3. The van der Waals surface area contributed by atoms with Gasteiger partial charge in [0.05, 0.1) is 7.11 Å². The van der Waals surface area contributed by atoms with E-state index < -0.39 is 0 Å². The molecular formula is C21H32Cl2FN3O2. The van der Waals surface area contributed by atoms with Gasteiger partial charge in [-0.1, -0.05) is 0 Å². The number of methoxy groups -OCH3 is 1. The second-order valence-corrected chi connectivity index (χ2v) is 8.29. The first-order valence-electron chi connectivity index (χ1n) is 10.2. The topological polar surface area (TPSA) is 44.8 Å². The molecule has 0 saturated carbocycles. The fraction of sp³-hybridized carbons (Fsp3) is 0.667. The highest BCUT2D eigenvalue weighted by Crippen LogP contribution is 2.33. The van der Waals surface area contributed by atoms with Gasteiger partial charge in [-0.2, -0.15) is 0 Å². The summed E-state index contributed by atoms with van der Waals surface area (Å²) in [6.45, 7) is 3.81. The van der Waals surface area contributed by atoms with Crippen molar-refractivity contribution in [3.05, 3.63) is 29.6 Å². The van der Waals surface area contributed by atoms with Crippen molar-refractivity contribution in [1.82, 2.24) is 15.1 Å². The highest BCUT2D eigenvalue weighted by molar-refractivity contribution is 5.85. The van der Waals surface area contributed by atoms with E-state index in [1.54, 1.807) is 19.2 Å². The summed E-state index contributed by atoms with van der Waals surface area (Å²) in [4.78, 5) is 17.0. The van der Waals surface area contributed by atoms with E-state index in [0.717, 1.165) is 50.3 Å². The lowest BCUT2D eigenvalue weighted by molar-refractivity contribution is -0.134. The minimum atomic E-state index is -0.240. The van der Waals surface area contributed by atoms with E-state index in [9.17, 15) is 9.18 Å². The molecule has 0 radical (unpaired) electrons. The lowest BCUT2D eigenvalue weighted by Crippen LogP contribution is -2.49. The Balaban J connectivity index is 0.00000150. The fourth-order valence-electron chi connectivity index (χ4n) is 4.98. The van der Waals surface area contributed by atoms with Crippen LogP contribution in [0.4, 0.5) is 4.39 Å². The zero-order valence-corrected chi connectivity index (χ0v) is 18.6. The van der Waals surface area contributed by atoms with E-state index >= 15 is 0 Å². The Hall–Kier alpha value is -1.08. The number of piperidine rings is 1. The first kappa shape index (κ1) is 24.2. The number of piperazine rings is 1. The van der Waals surface area contributed by atoms with Crippen LogP contribution in [0.3, 0.4) is 0 Å². The van der Waals surface area contributed by atoms with Crippen LogP contribution in [0.25, 0.3) is 0 Å². The minimum Gasteiger partial charge on any atom is -0.496 e. The lowest BCUT2D eigenvalue weighted by Gasteiger charge is -2.36. The Morgan fingerprint density at radius 1 is 1.14 bits per heavy atom. The molecule has 1 amide bonds. The van der Waals surface area contributed by atoms with Crippen molar-refractivity contribution < 1.29 is 13.9 Å². The maximum absolute atomic E-state index is 13.6. The smallest absolute Gasteiger partial charge is 0.222 e. The van der Waals surface area contributed by atoms with E-state index in [-0.39, 0.29) is 30.6 Å². The van der Waals surface area contributed by atoms with Crippen LogP contribution in [-0.2, 0) is 11.3 Å². The molecule has 3 heterocycles. The van der Waals surface area contributed by atoms with Crippen LogP contribution in [0.2, 0.25) is 0 Å². The molecule has 0 aromatic heterocycles. The number of ether oxygens (including phenoxy) is 1. The van der Waals surface area contributed by atoms with Gasteiger partial charge in [0.1, 0.15) is 11.6 Å². The summed E-state index contributed by atoms with van der Waals surface area (Å²) in [6.07, 6.45) is 5.56. The van der Waals surface area contributed by atoms with E-state index in [2.05, 4.69) is 10.2 Å². The summed E-state index contributed by atoms with van der Waals surface area (Å²) in [6, 6.07) is 5.92. The molecule has 1 aromatic rings. The van der Waals surface area contributed by atoms with Crippen LogP contribution >= 0.6 is 24.8 Å². The van der Waals surface area contributed by atoms with Crippen molar-refractivity contribution in [3.63, 3.8) is 0 Å². The largest absolute Gasteiger partial charge is 0.496 e. The summed E-state index contributed by atoms with van der Waals surface area (Å²) in [5.74, 6) is 1.33. The minimum absolute atomic E-state index is 0. The second-order valence-electron chi connectivity index (χ2n) is 8.29. The number of rotatable bonds is 5. The lowest BCUT2D eigenvalue weighted by atomic mass is 9.89. The number of nitrogens with zero attached hydrogens (tertiary/aromatic N) is 2. The molecule has 1 aromatic carbocycles. The van der Waals surface area contributed by atoms with Gasteiger partial charge in [-0.05, 0) is 49.8 Å². The predicted molar refractivity (Wildman–Crippen MR) is 117 cm³/mol. The summed E-state index contributed by atoms with van der Waals surface area (Å²) >= 11 is 0. The molecule has 2 bridgehead atoms. The number of carbonyl (C=O) groups is 1. The van der Waals surface area contributed by atoms with Gasteiger partial charge >= 0.3 is 0 Å². The van der Waals surface area contributed by atoms with Crippen molar-refractivity contribution in [2.75, 3.05) is 33.3 Å². The molecule has 8 heteroatoms. The molecule has 0 spiro atoms. The maximum Gasteiger partial charge on any atom is 0.222 e. The normalized spacial score (nSPS) is 26.4. The van der Waals surface area contributed by atoms with Gasteiger partial charge in [0.15, 0.2) is 0 Å². The zero-order chi connectivity index (χ0) is 18.8. The molecule has 4 rings (SSSR count). The molecule has 3 aliphatic heterocycles. The summed E-state index contributed by atoms with van der Waals surface area (Å²) < 4.78 is 18.9. The summed E-state index contributed by atoms with van der Waals surface area (Å²) in [5, 5.41) is 3.65. The van der Waals surface area contributed by atoms with Crippen LogP contribution in [0.5, 0.6) is 5.75 Å². The van der Waals surface area contributed by atoms with Gasteiger partial charge in [-0.25, -0.2) is 4.39 Å². The third-order valence-electron chi connectivity index (χ3n) is 6.40. The van der Waals surface area contributed by atoms with Gasteiger partial charge < -0.3 is 15.0 Å². The van der Waals surface area contributed by atoms with Gasteiger partial charge in [0, 0.05) is 56.8 Å². The van der Waals surface area contributed by atoms with Gasteiger partial charge in [0.25, 0.3) is 0 Å². The number of fused-ring (bicyclic) bond motifs is 2. The average Bonchev–Trinajstić information content (AvgIpc) is 3.01. The van der Waals surface area contributed by atoms with Crippen LogP contribution in [0.15, 0.2) is 18.2 Å². The van der Waals surface area contributed by atoms with Crippen LogP contribution in [0, 0.1) is 11.7 Å². The number of nitrogens with one attached hydrogen (secondary N) is 1. The standard InChI is InChI=1S/C21H30FN3O2.2ClH/c1-27-20-5-2-17(22)13-16(20)14-24-6-8-25(9-7-24)21(26)12-15-10-18-3-4-19(11-15)23-18;;/h2,5,13,15,18-19,23H,3-4,6-12,14H2,1H3;2*1H. The van der Waals surface area contributed by atoms with Crippen molar-refractivity contribution >= 4 is 30.7 Å². The Bertz CT molecular complexity index is 674. The van der Waals surface area contributed by atoms with Crippen molar-refractivity contribution in [2.24, 2.45) is 5.92 Å². The molecule has 29 heavy (non-hydrogen) atoms. The van der Waals surface area contributed by atoms with E-state index in [4.69, 9.17) is 4.74 Å². The second kappa shape index (κ2) is 10.8. The Labute approximate surface area is 185 Å². The molecule has 3 fully saturated rings. The summed E-state index contributed by atoms with van der Waals surface area (Å²) in [5.41, 5.74) is 0.863. The Morgan fingerprint density at radius 2 is 1.79 bits per heavy atom. The third kappa shape index (κ3) is 5.97. The fourth-order valence-corrected chi connectivity index (χ4v) is 4.98. The first-order chi connectivity index (χ1) is 13.1. The number of carbonyl (C=O) groups excluding carboxylic acids is 1. The molecule has 0 aliphatic carbocycles. The van der Waals surface area contributed by atoms with Crippen molar-refractivity contribution in [1.29, 1.82) is 0 Å². The molecule has 5 nitrogen and oxygen atoms in total. The van der Waals surface area contributed by atoms with Crippen molar-refractivity contribution in [3.8, 4) is 5.75 Å². The molecule has 3 saturated heterocycles. The zero-order valence-electron chi connectivity index (χ0n) is 16.9. The predicted octanol–water partition coefficient (Wildman–Crippen LogP) is 3.24. The molecule has 164 valence electrons. The SMILES string of the molecule is COc1ccc(F)cc1CN1CCN(C(=O)CC2CC3CCC(C2)N3)CC1.Cl.Cl. The quantitative estimate of drug-likeness (QED) is 0.752. The molecule has 2 atom stereocenters. The maximum atomic E-state index is 13.6. The number of benzene rings is 1. The third-order valence-corrected chi connectivity index (χ3v) is 6.40. The number of amides is 1. The highest BCUT2D eigenvalue weighted by atomic mass is 35.5. The molecule has 1 N–H and O–H groups in total. The monoisotopic (exact) mass is 447 g/mol. The molecular weight excluding hydrogens is 416 g/mol. The van der Waals surface area contributed by atoms with E-state index in [1.165, 1.54) is 18.9 Å². The van der Waals surface area contributed by atoms with Crippen LogP contribution in [-0.4, -0.2) is 61.1 Å². The van der Waals surface area contributed by atoms with Gasteiger partial charge in [0.2, 0.25) is 5.91 Å². The Morgan fingerprint density at radius 3 is 2.41 bits per heavy atom. The molecule has 2 unspecified atom stereocenters. The van der Waals surface area contributed by atoms with Crippen molar-refractivity contribution in [2.45, 2.75) is 50.7 Å². The first-order valence-corrected chi connectivity index (χ1v) is 10.2. The Kier molecular flexibility index (Phi) is 9.01. The number of hydrogen-bond acceptors (Lipinski definition) is 4. The number of hydrogen-bond donors (Lipinski definition) is 1. The highest BCUT2D eigenvalue weighted by Gasteiger charge is 2.35.